The molecule has 0 aliphatic heterocycles. The third-order valence-corrected chi connectivity index (χ3v) is 27.9. The molecule has 0 radical (unpaired) electrons. The summed E-state index contributed by atoms with van der Waals surface area (Å²) in [5, 5.41) is 7.01. The Morgan fingerprint density at radius 2 is 0.426 bits per heavy atom. The van der Waals surface area contributed by atoms with Crippen LogP contribution in [-0.4, -0.2) is 93.4 Å². The molecule has 0 bridgehead atoms. The van der Waals surface area contributed by atoms with E-state index in [-0.39, 0.29) is 5.92 Å². The smallest absolute Gasteiger partial charge is 0.160 e. The Bertz CT molecular complexity index is 9280. The van der Waals surface area contributed by atoms with Crippen molar-refractivity contribution in [3.05, 3.63) is 504 Å². The zero-order chi connectivity index (χ0) is 97.9. The minimum absolute atomic E-state index is 0.0868. The van der Waals surface area contributed by atoms with Crippen LogP contribution in [0, 0.1) is 0 Å². The zero-order valence-corrected chi connectivity index (χ0v) is 79.3. The van der Waals surface area contributed by atoms with Crippen molar-refractivity contribution in [1.29, 1.82) is 0 Å². The molecule has 1 aliphatic carbocycles. The molecule has 19 nitrogen and oxygen atoms in total. The van der Waals surface area contributed by atoms with Gasteiger partial charge < -0.3 is 13.7 Å². The lowest BCUT2D eigenvalue weighted by molar-refractivity contribution is 1.02. The van der Waals surface area contributed by atoms with Gasteiger partial charge in [-0.2, -0.15) is 0 Å². The van der Waals surface area contributed by atoms with Gasteiger partial charge in [-0.25, -0.2) is 39.9 Å². The number of aromatic nitrogens is 19. The number of pyridine rings is 8. The molecule has 0 saturated carbocycles. The van der Waals surface area contributed by atoms with Crippen LogP contribution in [0.2, 0.25) is 0 Å². The fraction of sp³-hybridized carbons (Fsp3) is 0.00775. The molecule has 148 heavy (non-hydrogen) atoms. The maximum Gasteiger partial charge on any atom is 0.160 e. The highest BCUT2D eigenvalue weighted by Crippen LogP contribution is 2.55. The number of rotatable bonds is 18. The molecule has 0 spiro atoms. The Hall–Kier alpha value is -20.4. The third kappa shape index (κ3) is 15.8. The summed E-state index contributed by atoms with van der Waals surface area (Å²) in [6, 6.07) is 136. The second-order valence-corrected chi connectivity index (χ2v) is 36.5. The molecule has 692 valence electrons. The molecule has 0 fully saturated rings. The normalized spacial score (nSPS) is 12.1. The molecule has 1 atom stereocenters. The van der Waals surface area contributed by atoms with E-state index in [4.69, 9.17) is 39.9 Å². The van der Waals surface area contributed by atoms with Gasteiger partial charge in [-0.15, -0.1) is 0 Å². The third-order valence-electron chi connectivity index (χ3n) is 27.9. The van der Waals surface area contributed by atoms with Crippen molar-refractivity contribution in [3.63, 3.8) is 0 Å². The molecule has 0 N–H and O–H groups in total. The fourth-order valence-corrected chi connectivity index (χ4v) is 21.3. The number of hydrogen-bond acceptors (Lipinski definition) is 16. The molecule has 1 aliphatic rings. The Labute approximate surface area is 849 Å². The first kappa shape index (κ1) is 86.6. The summed E-state index contributed by atoms with van der Waals surface area (Å²) in [6.07, 6.45) is 28.7. The maximum absolute atomic E-state index is 5.21. The van der Waals surface area contributed by atoms with Gasteiger partial charge in [0.2, 0.25) is 0 Å². The summed E-state index contributed by atoms with van der Waals surface area (Å²) in [5.41, 5.74) is 38.3. The average Bonchev–Trinajstić information content (AvgIpc) is 1.56. The number of fused-ring (bicyclic) bond motifs is 12. The minimum Gasteiger partial charge on any atom is -0.309 e. The molecule has 1 unspecified atom stereocenters. The van der Waals surface area contributed by atoms with Gasteiger partial charge in [-0.05, 0) is 239 Å². The average molecular weight is 1900 g/mol. The van der Waals surface area contributed by atoms with E-state index in [1.165, 1.54) is 49.4 Å². The van der Waals surface area contributed by atoms with Crippen molar-refractivity contribution in [2.45, 2.75) is 5.92 Å². The highest BCUT2D eigenvalue weighted by Gasteiger charge is 2.35. The minimum atomic E-state index is -0.0868. The Balaban J connectivity index is 0.000000146. The highest BCUT2D eigenvalue weighted by atomic mass is 15.0. The molecular weight excluding hydrogens is 1820 g/mol. The first-order valence-corrected chi connectivity index (χ1v) is 48.9. The van der Waals surface area contributed by atoms with Crippen molar-refractivity contribution in [3.8, 4) is 186 Å². The first-order chi connectivity index (χ1) is 73.4. The number of para-hydroxylation sites is 4. The molecule has 28 rings (SSSR count). The van der Waals surface area contributed by atoms with E-state index in [2.05, 4.69) is 320 Å². The summed E-state index contributed by atoms with van der Waals surface area (Å²) in [7, 11) is 0. The maximum atomic E-state index is 5.21. The highest BCUT2D eigenvalue weighted by molar-refractivity contribution is 6.23. The summed E-state index contributed by atoms with van der Waals surface area (Å²) in [4.78, 5) is 75.6. The summed E-state index contributed by atoms with van der Waals surface area (Å²) >= 11 is 0. The SMILES string of the molecule is c1cc(-c2nc(-c3ccncc3)cc(-c3ccncc3)n2)cc(-n2c3ccccc3c3c(-c4cccc5c4c4ccccc4n5-c4cccc(-c5nc(-c6ccncc6)cc(-c6ccncc6)n5)c4)cccc32)c1.c1cc(-c2nc(-c3ccncc3)cc(-c3ccncc3)n2)cc(C2c3ccccc3-c3cccc(-c4cccc5c6ccccc6n(-c6cccc(-c7nc(-c8ccncc8)cc(-c8ccncc8)n7)c6)c45)c32)c1. The Morgan fingerprint density at radius 1 is 0.169 bits per heavy atom. The number of nitrogens with zero attached hydrogens (tertiary/aromatic N) is 19. The standard InChI is InChI=1S/C65H41N9.C64H40N10/c1-2-15-51-49(13-1)52-16-7-17-53(62(52)61(51)45-9-5-10-46(37-45)64-70-56(41-21-29-66-30-22-41)39-57(71-64)42-23-31-67-32-24-42)55-19-8-18-54-50-14-3-4-20-60(50)74(63(54)55)48-12-6-11-47(38-48)65-72-58(43-25-33-68-34-26-43)40-59(73-65)44-27-35-69-36-28-44;1-3-17-57-51(13-1)61-49(15-7-19-59(61)73(57)47-11-5-9-45(37-47)63-69-53(41-21-29-65-30-22-41)39-54(70-63)42-23-31-66-32-24-42)50-16-8-20-60-62(50)52-14-2-4-18-58(52)74(60)48-12-6-10-46(38-48)64-71-55(43-25-33-67-34-26-43)40-56(72-64)44-27-35-68-36-28-44/h1-40,61H;1-40H. The van der Waals surface area contributed by atoms with Crippen molar-refractivity contribution in [2.24, 2.45) is 0 Å². The second kappa shape index (κ2) is 37.2. The lowest BCUT2D eigenvalue weighted by atomic mass is 9.84. The van der Waals surface area contributed by atoms with Crippen LogP contribution in [0.3, 0.4) is 0 Å². The van der Waals surface area contributed by atoms with Crippen LogP contribution in [0.25, 0.3) is 251 Å². The van der Waals surface area contributed by atoms with Gasteiger partial charge in [0.1, 0.15) is 0 Å². The molecule has 19 heteroatoms. The van der Waals surface area contributed by atoms with Crippen molar-refractivity contribution >= 4 is 65.4 Å². The van der Waals surface area contributed by atoms with Gasteiger partial charge in [0.15, 0.2) is 23.3 Å². The van der Waals surface area contributed by atoms with Crippen molar-refractivity contribution < 1.29 is 0 Å². The Kier molecular flexibility index (Phi) is 21.8. The molecule has 27 aromatic rings. The predicted octanol–water partition coefficient (Wildman–Crippen LogP) is 29.5. The second-order valence-electron chi connectivity index (χ2n) is 36.5. The molecule has 15 aromatic heterocycles. The first-order valence-electron chi connectivity index (χ1n) is 48.9. The van der Waals surface area contributed by atoms with E-state index in [1.807, 2.05) is 121 Å². The van der Waals surface area contributed by atoms with E-state index < -0.39 is 0 Å². The van der Waals surface area contributed by atoms with E-state index in [1.54, 1.807) is 99.1 Å². The molecular formula is C129H81N19. The van der Waals surface area contributed by atoms with E-state index in [0.717, 1.165) is 196 Å². The van der Waals surface area contributed by atoms with Crippen LogP contribution in [0.1, 0.15) is 22.6 Å². The monoisotopic (exact) mass is 1900 g/mol. The lowest BCUT2D eigenvalue weighted by Crippen LogP contribution is -2.03. The zero-order valence-electron chi connectivity index (χ0n) is 79.3. The quantitative estimate of drug-likeness (QED) is 0.0779. The molecule has 0 amide bonds. The largest absolute Gasteiger partial charge is 0.309 e. The molecule has 15 heterocycles. The van der Waals surface area contributed by atoms with Crippen LogP contribution in [0.5, 0.6) is 0 Å². The van der Waals surface area contributed by atoms with Gasteiger partial charge in [-0.1, -0.05) is 194 Å². The lowest BCUT2D eigenvalue weighted by Gasteiger charge is -2.20. The number of benzene rings is 12. The van der Waals surface area contributed by atoms with Gasteiger partial charge >= 0.3 is 0 Å². The fourth-order valence-electron chi connectivity index (χ4n) is 21.3. The topological polar surface area (TPSA) is 221 Å². The van der Waals surface area contributed by atoms with Crippen LogP contribution in [0.15, 0.2) is 487 Å². The summed E-state index contributed by atoms with van der Waals surface area (Å²) < 4.78 is 7.16. The van der Waals surface area contributed by atoms with Gasteiger partial charge in [0.05, 0.1) is 78.7 Å². The van der Waals surface area contributed by atoms with Gasteiger partial charge in [-0.3, -0.25) is 39.9 Å². The molecule has 0 saturated heterocycles. The van der Waals surface area contributed by atoms with E-state index in [9.17, 15) is 0 Å². The van der Waals surface area contributed by atoms with Crippen LogP contribution in [0.4, 0.5) is 0 Å². The summed E-state index contributed by atoms with van der Waals surface area (Å²) in [6.45, 7) is 0. The Morgan fingerprint density at radius 3 is 0.797 bits per heavy atom. The molecule has 12 aromatic carbocycles. The number of hydrogen-bond donors (Lipinski definition) is 0. The van der Waals surface area contributed by atoms with Crippen molar-refractivity contribution in [2.75, 3.05) is 0 Å². The van der Waals surface area contributed by atoms with E-state index in [0.29, 0.717) is 23.3 Å². The van der Waals surface area contributed by atoms with Crippen LogP contribution >= 0.6 is 0 Å². The van der Waals surface area contributed by atoms with Gasteiger partial charge in [0, 0.05) is 227 Å². The van der Waals surface area contributed by atoms with E-state index >= 15 is 0 Å². The van der Waals surface area contributed by atoms with Crippen molar-refractivity contribution in [1.82, 2.24) is 93.4 Å². The van der Waals surface area contributed by atoms with Gasteiger partial charge in [0.25, 0.3) is 0 Å². The van der Waals surface area contributed by atoms with Crippen LogP contribution < -0.4 is 0 Å². The predicted molar refractivity (Wildman–Crippen MR) is 590 cm³/mol. The summed E-state index contributed by atoms with van der Waals surface area (Å²) in [5.74, 6) is 2.44. The van der Waals surface area contributed by atoms with Crippen LogP contribution in [-0.2, 0) is 0 Å².